The van der Waals surface area contributed by atoms with E-state index in [1.807, 2.05) is 0 Å². The topological polar surface area (TPSA) is 0 Å². The number of fused-ring (bicyclic) bond motifs is 12. The first-order valence-electron chi connectivity index (χ1n) is 32.0. The highest BCUT2D eigenvalue weighted by atomic mass is 14.6. The molecule has 4 unspecified atom stereocenters. The quantitative estimate of drug-likeness (QED) is 0.154. The van der Waals surface area contributed by atoms with Crippen molar-refractivity contribution in [1.29, 1.82) is 0 Å². The maximum Gasteiger partial charge on any atom is 0.0212 e. The van der Waals surface area contributed by atoms with E-state index in [0.29, 0.717) is 0 Å². The average Bonchev–Trinajstić information content (AvgIpc) is 1.47. The summed E-state index contributed by atoms with van der Waals surface area (Å²) < 4.78 is 0. The molecule has 1 saturated carbocycles. The van der Waals surface area contributed by atoms with Crippen LogP contribution in [0, 0.1) is 23.7 Å². The molecule has 0 heteroatoms. The third-order valence-electron chi connectivity index (χ3n) is 21.4. The minimum absolute atomic E-state index is 0.0673. The van der Waals surface area contributed by atoms with Gasteiger partial charge >= 0.3 is 0 Å². The lowest BCUT2D eigenvalue weighted by molar-refractivity contribution is 0.525. The molecule has 0 aromatic heterocycles. The number of hydrogen-bond acceptors (Lipinski definition) is 0. The minimum atomic E-state index is -0.0704. The molecule has 8 aromatic rings. The minimum Gasteiger partial charge on any atom is -0.0836 e. The molecule has 1 fully saturated rings. The molecule has 0 heterocycles. The number of allylic oxidation sites excluding steroid dienone is 20. The Hall–Kier alpha value is -8.32. The van der Waals surface area contributed by atoms with Gasteiger partial charge in [0, 0.05) is 23.7 Å². The molecule has 0 amide bonds. The van der Waals surface area contributed by atoms with Gasteiger partial charge in [0.05, 0.1) is 0 Å². The zero-order valence-electron chi connectivity index (χ0n) is 52.2. The van der Waals surface area contributed by atoms with Crippen molar-refractivity contribution in [2.24, 2.45) is 23.7 Å². The number of rotatable bonds is 4. The summed E-state index contributed by atoms with van der Waals surface area (Å²) in [5.41, 5.74) is 39.3. The Balaban J connectivity index is 0.990. The zero-order valence-corrected chi connectivity index (χ0v) is 52.2. The van der Waals surface area contributed by atoms with Crippen LogP contribution in [0.2, 0.25) is 0 Å². The molecule has 0 radical (unpaired) electrons. The normalized spacial score (nSPS) is 20.9. The summed E-state index contributed by atoms with van der Waals surface area (Å²) in [6, 6.07) is 52.5. The largest absolute Gasteiger partial charge is 0.0836 e. The van der Waals surface area contributed by atoms with Crippen LogP contribution in [0.3, 0.4) is 0 Å². The van der Waals surface area contributed by atoms with Crippen molar-refractivity contribution in [2.45, 2.75) is 118 Å². The van der Waals surface area contributed by atoms with Crippen LogP contribution in [0.5, 0.6) is 0 Å². The molecule has 0 nitrogen and oxygen atoms in total. The van der Waals surface area contributed by atoms with E-state index in [0.717, 1.165) is 12.8 Å². The van der Waals surface area contributed by atoms with Gasteiger partial charge in [-0.1, -0.05) is 271 Å². The second-order valence-corrected chi connectivity index (χ2v) is 30.5. The van der Waals surface area contributed by atoms with Crippen LogP contribution in [0.1, 0.15) is 152 Å². The maximum absolute atomic E-state index is 2.70. The first-order valence-corrected chi connectivity index (χ1v) is 32.0. The average molecular weight is 1110 g/mol. The fourth-order valence-electron chi connectivity index (χ4n) is 17.2. The van der Waals surface area contributed by atoms with Gasteiger partial charge in [0.2, 0.25) is 0 Å². The smallest absolute Gasteiger partial charge is 0.0212 e. The van der Waals surface area contributed by atoms with Gasteiger partial charge in [-0.15, -0.1) is 0 Å². The lowest BCUT2D eigenvalue weighted by atomic mass is 9.54. The summed E-state index contributed by atoms with van der Waals surface area (Å²) in [4.78, 5) is 0. The van der Waals surface area contributed by atoms with Crippen molar-refractivity contribution in [3.05, 3.63) is 272 Å². The predicted octanol–water partition coefficient (Wildman–Crippen LogP) is 22.9. The molecule has 0 aliphatic heterocycles. The van der Waals surface area contributed by atoms with Gasteiger partial charge in [0.25, 0.3) is 0 Å². The monoisotopic (exact) mass is 1110 g/mol. The Morgan fingerprint density at radius 3 is 1.16 bits per heavy atom. The van der Waals surface area contributed by atoms with E-state index in [2.05, 4.69) is 277 Å². The van der Waals surface area contributed by atoms with Crippen LogP contribution in [0.25, 0.3) is 99.5 Å². The molecule has 9 aliphatic rings. The highest BCUT2D eigenvalue weighted by Crippen LogP contribution is 2.70. The summed E-state index contributed by atoms with van der Waals surface area (Å²) >= 11 is 0. The van der Waals surface area contributed by atoms with E-state index in [-0.39, 0.29) is 45.3 Å². The second-order valence-electron chi connectivity index (χ2n) is 30.5. The molecule has 86 heavy (non-hydrogen) atoms. The Kier molecular flexibility index (Phi) is 10.7. The van der Waals surface area contributed by atoms with Crippen LogP contribution in [0.15, 0.2) is 217 Å². The van der Waals surface area contributed by atoms with Crippen molar-refractivity contribution < 1.29 is 0 Å². The van der Waals surface area contributed by atoms with E-state index in [1.165, 1.54) is 177 Å². The summed E-state index contributed by atoms with van der Waals surface area (Å²) in [7, 11) is 0. The Labute approximate surface area is 509 Å². The lowest BCUT2D eigenvalue weighted by Gasteiger charge is -2.48. The fraction of sp³-hybridized carbons (Fsp3) is 0.256. The van der Waals surface area contributed by atoms with Crippen molar-refractivity contribution in [3.63, 3.8) is 0 Å². The number of hydrogen-bond donors (Lipinski definition) is 0. The van der Waals surface area contributed by atoms with E-state index < -0.39 is 0 Å². The molecular weight excluding hydrogens is 1030 g/mol. The molecule has 420 valence electrons. The standard InChI is InChI=1S/C86H76/c1-83(2,3)51-40-49(41-52(44-51)84(4,5)6)71-70-46-69-58-27-20-19-26-57(58)59-28-21-29-64(73(59)69)80(70)72(50-42-53(85(7,8)9)45-54(43-50)86(10,11)12)82-68-39-35-63-61-33-37-66-75-56(48-24-17-14-18-25-48)31-30-55(47-22-15-13-16-23-47)74(75)65-36-32-60(76(61)78(65)66)62-34-38-67(81(71)82)79(68)77(62)63/h13-19,21-26,28-46,76-79H,20,27H2,1-12H3. The van der Waals surface area contributed by atoms with Crippen LogP contribution in [0.4, 0.5) is 0 Å². The molecule has 0 bridgehead atoms. The molecule has 17 rings (SSSR count). The summed E-state index contributed by atoms with van der Waals surface area (Å²) in [5.74, 6) is 0.752. The maximum atomic E-state index is 2.70. The summed E-state index contributed by atoms with van der Waals surface area (Å²) in [6.45, 7) is 28.9. The fourth-order valence-corrected chi connectivity index (χ4v) is 17.2. The number of benzene rings is 8. The molecule has 0 saturated heterocycles. The molecule has 0 spiro atoms. The third kappa shape index (κ3) is 7.23. The third-order valence-corrected chi connectivity index (χ3v) is 21.4. The van der Waals surface area contributed by atoms with Crippen molar-refractivity contribution in [1.82, 2.24) is 0 Å². The van der Waals surface area contributed by atoms with E-state index in [4.69, 9.17) is 0 Å². The van der Waals surface area contributed by atoms with Crippen LogP contribution < -0.4 is 0 Å². The summed E-state index contributed by atoms with van der Waals surface area (Å²) in [6.07, 6.45) is 27.7. The Bertz CT molecular complexity index is 4720. The first-order chi connectivity index (χ1) is 41.2. The van der Waals surface area contributed by atoms with Crippen LogP contribution >= 0.6 is 0 Å². The molecule has 4 atom stereocenters. The van der Waals surface area contributed by atoms with E-state index in [9.17, 15) is 0 Å². The van der Waals surface area contributed by atoms with Crippen molar-refractivity contribution >= 4 is 55.0 Å². The van der Waals surface area contributed by atoms with Gasteiger partial charge < -0.3 is 0 Å². The van der Waals surface area contributed by atoms with Crippen LogP contribution in [-0.4, -0.2) is 0 Å². The SMILES string of the molecule is CC(C)(C)c1cc(-c2c3c(c(-c4cc(C(C)(C)C)cc(C(C)(C)C)c4)c4c2cc2c5c(cccc54)C4=C2CCC=C4)C2=CC=C4C5=CC=C6c7c(-c8ccccc8)ccc(-c8ccccc8)c7C7=CC=C(C8=CC=C3C2C84)C5C76)cc(C(C)(C)C)c1. The van der Waals surface area contributed by atoms with Gasteiger partial charge in [0.15, 0.2) is 0 Å². The second kappa shape index (κ2) is 17.7. The van der Waals surface area contributed by atoms with Crippen LogP contribution in [-0.2, 0) is 21.7 Å². The highest BCUT2D eigenvalue weighted by molar-refractivity contribution is 6.30. The Morgan fingerprint density at radius 2 is 0.709 bits per heavy atom. The molecular formula is C86H76. The van der Waals surface area contributed by atoms with Gasteiger partial charge in [-0.05, 0) is 218 Å². The van der Waals surface area contributed by atoms with Gasteiger partial charge in [-0.25, -0.2) is 0 Å². The van der Waals surface area contributed by atoms with Gasteiger partial charge in [0.1, 0.15) is 0 Å². The highest BCUT2D eigenvalue weighted by Gasteiger charge is 2.55. The van der Waals surface area contributed by atoms with E-state index in [1.54, 1.807) is 0 Å². The molecule has 8 aromatic carbocycles. The van der Waals surface area contributed by atoms with Gasteiger partial charge in [-0.3, -0.25) is 0 Å². The zero-order chi connectivity index (χ0) is 58.8. The van der Waals surface area contributed by atoms with Crippen molar-refractivity contribution in [3.8, 4) is 44.5 Å². The van der Waals surface area contributed by atoms with Crippen molar-refractivity contribution in [2.75, 3.05) is 0 Å². The van der Waals surface area contributed by atoms with Gasteiger partial charge in [-0.2, -0.15) is 0 Å². The summed E-state index contributed by atoms with van der Waals surface area (Å²) in [5, 5.41) is 5.58. The Morgan fingerprint density at radius 1 is 0.302 bits per heavy atom. The first kappa shape index (κ1) is 52.0. The molecule has 9 aliphatic carbocycles. The predicted molar refractivity (Wildman–Crippen MR) is 368 cm³/mol. The van der Waals surface area contributed by atoms with E-state index >= 15 is 0 Å². The molecule has 0 N–H and O–H groups in total. The lowest BCUT2D eigenvalue weighted by Crippen LogP contribution is -2.37.